The molecule has 0 spiro atoms. The third kappa shape index (κ3) is 4.28. The quantitative estimate of drug-likeness (QED) is 0.617. The summed E-state index contributed by atoms with van der Waals surface area (Å²) in [5, 5.41) is 11.0. The van der Waals surface area contributed by atoms with Crippen LogP contribution in [0.1, 0.15) is 32.3 Å². The van der Waals surface area contributed by atoms with Crippen molar-refractivity contribution in [3.05, 3.63) is 39.9 Å². The first-order valence-electron chi connectivity index (χ1n) is 8.12. The Balaban J connectivity index is 1.97. The van der Waals surface area contributed by atoms with Crippen molar-refractivity contribution in [2.75, 3.05) is 20.1 Å². The van der Waals surface area contributed by atoms with Gasteiger partial charge >= 0.3 is 0 Å². The van der Waals surface area contributed by atoms with Crippen molar-refractivity contribution in [2.45, 2.75) is 45.2 Å². The van der Waals surface area contributed by atoms with E-state index in [9.17, 15) is 14.9 Å². The summed E-state index contributed by atoms with van der Waals surface area (Å²) in [4.78, 5) is 27.3. The van der Waals surface area contributed by atoms with E-state index in [1.165, 1.54) is 6.07 Å². The van der Waals surface area contributed by atoms with Gasteiger partial charge in [-0.25, -0.2) is 0 Å². The monoisotopic (exact) mass is 319 g/mol. The van der Waals surface area contributed by atoms with Crippen molar-refractivity contribution in [3.8, 4) is 0 Å². The standard InChI is InChI=1S/C17H25N3O3/c1-13(2)19-10-8-15(9-11-19)18(3)17(21)12-14-6-4-5-7-16(14)20(22)23/h4-7,13,15H,8-12H2,1-3H3. The van der Waals surface area contributed by atoms with E-state index in [4.69, 9.17) is 0 Å². The third-order valence-electron chi connectivity index (χ3n) is 4.70. The van der Waals surface area contributed by atoms with Gasteiger partial charge in [0.05, 0.1) is 11.3 Å². The number of likely N-dealkylation sites (N-methyl/N-ethyl adjacent to an activating group) is 1. The van der Waals surface area contributed by atoms with Gasteiger partial charge in [-0.1, -0.05) is 18.2 Å². The van der Waals surface area contributed by atoms with E-state index in [2.05, 4.69) is 18.7 Å². The van der Waals surface area contributed by atoms with Crippen LogP contribution in [0.25, 0.3) is 0 Å². The third-order valence-corrected chi connectivity index (χ3v) is 4.70. The highest BCUT2D eigenvalue weighted by atomic mass is 16.6. The summed E-state index contributed by atoms with van der Waals surface area (Å²) in [5.41, 5.74) is 0.498. The first-order valence-corrected chi connectivity index (χ1v) is 8.12. The highest BCUT2D eigenvalue weighted by Crippen LogP contribution is 2.21. The summed E-state index contributed by atoms with van der Waals surface area (Å²) in [6.45, 7) is 6.35. The molecule has 0 bridgehead atoms. The van der Waals surface area contributed by atoms with E-state index in [1.807, 2.05) is 7.05 Å². The number of amides is 1. The Hall–Kier alpha value is -1.95. The molecule has 0 N–H and O–H groups in total. The number of hydrogen-bond donors (Lipinski definition) is 0. The molecule has 126 valence electrons. The highest BCUT2D eigenvalue weighted by molar-refractivity contribution is 5.80. The SMILES string of the molecule is CC(C)N1CCC(N(C)C(=O)Cc2ccccc2[N+](=O)[O-])CC1. The van der Waals surface area contributed by atoms with Crippen molar-refractivity contribution in [3.63, 3.8) is 0 Å². The maximum atomic E-state index is 12.5. The van der Waals surface area contributed by atoms with Gasteiger partial charge in [-0.15, -0.1) is 0 Å². The molecule has 1 amide bonds. The maximum Gasteiger partial charge on any atom is 0.273 e. The van der Waals surface area contributed by atoms with Crippen LogP contribution in [-0.2, 0) is 11.2 Å². The molecule has 0 aromatic heterocycles. The Morgan fingerprint density at radius 1 is 1.35 bits per heavy atom. The van der Waals surface area contributed by atoms with Crippen LogP contribution in [-0.4, -0.2) is 52.9 Å². The molecule has 1 aromatic rings. The number of carbonyl (C=O) groups is 1. The van der Waals surface area contributed by atoms with E-state index in [0.717, 1.165) is 25.9 Å². The molecule has 1 aliphatic rings. The number of nitro groups is 1. The Kier molecular flexibility index (Phi) is 5.71. The second kappa shape index (κ2) is 7.55. The van der Waals surface area contributed by atoms with Crippen molar-refractivity contribution in [2.24, 2.45) is 0 Å². The van der Waals surface area contributed by atoms with Crippen LogP contribution in [0.2, 0.25) is 0 Å². The van der Waals surface area contributed by atoms with Gasteiger partial charge in [0, 0.05) is 43.9 Å². The number of benzene rings is 1. The normalized spacial score (nSPS) is 16.5. The van der Waals surface area contributed by atoms with Crippen molar-refractivity contribution in [1.82, 2.24) is 9.80 Å². The molecule has 1 aliphatic heterocycles. The van der Waals surface area contributed by atoms with Gasteiger partial charge in [-0.2, -0.15) is 0 Å². The Morgan fingerprint density at radius 3 is 2.52 bits per heavy atom. The Morgan fingerprint density at radius 2 is 1.96 bits per heavy atom. The lowest BCUT2D eigenvalue weighted by atomic mass is 10.0. The van der Waals surface area contributed by atoms with Gasteiger partial charge in [-0.3, -0.25) is 14.9 Å². The van der Waals surface area contributed by atoms with Crippen LogP contribution in [0.5, 0.6) is 0 Å². The Labute approximate surface area is 137 Å². The van der Waals surface area contributed by atoms with Gasteiger partial charge < -0.3 is 9.80 Å². The minimum atomic E-state index is -0.427. The molecule has 0 unspecified atom stereocenters. The molecule has 6 nitrogen and oxygen atoms in total. The zero-order valence-corrected chi connectivity index (χ0v) is 14.1. The average molecular weight is 319 g/mol. The van der Waals surface area contributed by atoms with Crippen LogP contribution >= 0.6 is 0 Å². The summed E-state index contributed by atoms with van der Waals surface area (Å²) in [5.74, 6) is -0.0534. The van der Waals surface area contributed by atoms with Crippen molar-refractivity contribution < 1.29 is 9.72 Å². The van der Waals surface area contributed by atoms with Crippen LogP contribution in [0.3, 0.4) is 0 Å². The van der Waals surface area contributed by atoms with Crippen LogP contribution in [0, 0.1) is 10.1 Å². The summed E-state index contributed by atoms with van der Waals surface area (Å²) < 4.78 is 0. The lowest BCUT2D eigenvalue weighted by Gasteiger charge is -2.38. The van der Waals surface area contributed by atoms with Crippen molar-refractivity contribution in [1.29, 1.82) is 0 Å². The lowest BCUT2D eigenvalue weighted by Crippen LogP contribution is -2.47. The zero-order valence-electron chi connectivity index (χ0n) is 14.1. The molecule has 0 atom stereocenters. The van der Waals surface area contributed by atoms with Crippen LogP contribution < -0.4 is 0 Å². The Bertz CT molecular complexity index is 566. The molecule has 0 radical (unpaired) electrons. The van der Waals surface area contributed by atoms with Gasteiger partial charge in [0.2, 0.25) is 5.91 Å². The lowest BCUT2D eigenvalue weighted by molar-refractivity contribution is -0.385. The number of hydrogen-bond acceptors (Lipinski definition) is 4. The minimum absolute atomic E-state index is 0.0175. The molecule has 2 rings (SSSR count). The van der Waals surface area contributed by atoms with Crippen molar-refractivity contribution >= 4 is 11.6 Å². The second-order valence-electron chi connectivity index (χ2n) is 6.43. The molecule has 1 heterocycles. The number of piperidine rings is 1. The first kappa shape index (κ1) is 17.4. The fraction of sp³-hybridized carbons (Fsp3) is 0.588. The summed E-state index contributed by atoms with van der Waals surface area (Å²) in [7, 11) is 1.81. The number of para-hydroxylation sites is 1. The number of rotatable bonds is 5. The summed E-state index contributed by atoms with van der Waals surface area (Å²) in [6, 6.07) is 7.22. The zero-order chi connectivity index (χ0) is 17.0. The fourth-order valence-corrected chi connectivity index (χ4v) is 3.12. The number of nitro benzene ring substituents is 1. The molecule has 1 saturated heterocycles. The maximum absolute atomic E-state index is 12.5. The molecule has 1 fully saturated rings. The predicted octanol–water partition coefficient (Wildman–Crippen LogP) is 2.47. The number of carbonyl (C=O) groups excluding carboxylic acids is 1. The summed E-state index contributed by atoms with van der Waals surface area (Å²) in [6.07, 6.45) is 1.99. The smallest absolute Gasteiger partial charge is 0.273 e. The van der Waals surface area contributed by atoms with Crippen LogP contribution in [0.15, 0.2) is 24.3 Å². The fourth-order valence-electron chi connectivity index (χ4n) is 3.12. The molecular weight excluding hydrogens is 294 g/mol. The topological polar surface area (TPSA) is 66.7 Å². The number of nitrogens with zero attached hydrogens (tertiary/aromatic N) is 3. The summed E-state index contributed by atoms with van der Waals surface area (Å²) >= 11 is 0. The first-order chi connectivity index (χ1) is 10.9. The predicted molar refractivity (Wildman–Crippen MR) is 89.3 cm³/mol. The minimum Gasteiger partial charge on any atom is -0.342 e. The van der Waals surface area contributed by atoms with Crippen LogP contribution in [0.4, 0.5) is 5.69 Å². The van der Waals surface area contributed by atoms with Gasteiger partial charge in [-0.05, 0) is 26.7 Å². The molecule has 0 saturated carbocycles. The van der Waals surface area contributed by atoms with E-state index < -0.39 is 4.92 Å². The molecule has 6 heteroatoms. The number of likely N-dealkylation sites (tertiary alicyclic amines) is 1. The molecule has 1 aromatic carbocycles. The molecular formula is C17H25N3O3. The van der Waals surface area contributed by atoms with Gasteiger partial charge in [0.15, 0.2) is 0 Å². The van der Waals surface area contributed by atoms with Gasteiger partial charge in [0.25, 0.3) is 5.69 Å². The highest BCUT2D eigenvalue weighted by Gasteiger charge is 2.27. The average Bonchev–Trinajstić information content (AvgIpc) is 2.54. The van der Waals surface area contributed by atoms with Gasteiger partial charge in [0.1, 0.15) is 0 Å². The van der Waals surface area contributed by atoms with E-state index in [1.54, 1.807) is 23.1 Å². The second-order valence-corrected chi connectivity index (χ2v) is 6.43. The molecule has 0 aliphatic carbocycles. The molecule has 23 heavy (non-hydrogen) atoms. The van der Waals surface area contributed by atoms with E-state index >= 15 is 0 Å². The van der Waals surface area contributed by atoms with E-state index in [-0.39, 0.29) is 24.1 Å². The largest absolute Gasteiger partial charge is 0.342 e. The van der Waals surface area contributed by atoms with E-state index in [0.29, 0.717) is 11.6 Å².